The first-order chi connectivity index (χ1) is 16.0. The molecule has 0 amide bonds. The zero-order valence-corrected chi connectivity index (χ0v) is 18.5. The van der Waals surface area contributed by atoms with E-state index in [1.807, 2.05) is 6.20 Å². The van der Waals surface area contributed by atoms with E-state index in [4.69, 9.17) is 0 Å². The van der Waals surface area contributed by atoms with Gasteiger partial charge in [-0.1, -0.05) is 24.3 Å². The lowest BCUT2D eigenvalue weighted by molar-refractivity contribution is 0.317. The van der Waals surface area contributed by atoms with Crippen molar-refractivity contribution in [1.29, 1.82) is 0 Å². The fourth-order valence-corrected chi connectivity index (χ4v) is 5.97. The minimum absolute atomic E-state index is 0.176. The highest BCUT2D eigenvalue weighted by molar-refractivity contribution is 7.89. The number of nitrogens with zero attached hydrogens (tertiary/aromatic N) is 4. The van der Waals surface area contributed by atoms with E-state index >= 15 is 0 Å². The number of imidazole rings is 1. The molecule has 0 unspecified atom stereocenters. The molecule has 0 bridgehead atoms. The van der Waals surface area contributed by atoms with E-state index in [0.717, 1.165) is 5.69 Å². The van der Waals surface area contributed by atoms with Crippen molar-refractivity contribution in [2.75, 3.05) is 13.1 Å². The Labute approximate surface area is 191 Å². The van der Waals surface area contributed by atoms with Gasteiger partial charge in [0.25, 0.3) is 0 Å². The van der Waals surface area contributed by atoms with Crippen molar-refractivity contribution in [3.63, 3.8) is 0 Å². The van der Waals surface area contributed by atoms with Crippen LogP contribution in [0.4, 0.5) is 4.39 Å². The molecule has 0 saturated carbocycles. The Morgan fingerprint density at radius 1 is 1.00 bits per heavy atom. The highest BCUT2D eigenvalue weighted by Gasteiger charge is 2.32. The zero-order valence-electron chi connectivity index (χ0n) is 17.7. The number of halogens is 1. The van der Waals surface area contributed by atoms with Gasteiger partial charge in [0.15, 0.2) is 0 Å². The van der Waals surface area contributed by atoms with Gasteiger partial charge in [0.1, 0.15) is 5.82 Å². The molecule has 0 spiro atoms. The topological polar surface area (TPSA) is 91.8 Å². The lowest BCUT2D eigenvalue weighted by Crippen LogP contribution is -2.38. The van der Waals surface area contributed by atoms with Crippen molar-refractivity contribution >= 4 is 10.0 Å². The second-order valence-corrected chi connectivity index (χ2v) is 9.86. The first kappa shape index (κ1) is 21.4. The van der Waals surface area contributed by atoms with E-state index in [1.54, 1.807) is 42.7 Å². The average molecular weight is 464 g/mol. The van der Waals surface area contributed by atoms with Gasteiger partial charge in [-0.25, -0.2) is 17.8 Å². The minimum Gasteiger partial charge on any atom is -0.351 e. The van der Waals surface area contributed by atoms with Crippen molar-refractivity contribution < 1.29 is 12.8 Å². The van der Waals surface area contributed by atoms with Gasteiger partial charge in [-0.05, 0) is 36.6 Å². The summed E-state index contributed by atoms with van der Waals surface area (Å²) >= 11 is 0. The molecule has 5 rings (SSSR count). The van der Waals surface area contributed by atoms with Gasteiger partial charge in [0.2, 0.25) is 10.0 Å². The molecule has 1 aliphatic heterocycles. The number of aromatic nitrogens is 4. The van der Waals surface area contributed by atoms with Crippen LogP contribution >= 0.6 is 0 Å². The maximum absolute atomic E-state index is 14.9. The van der Waals surface area contributed by atoms with Crippen LogP contribution in [0.2, 0.25) is 0 Å². The largest absolute Gasteiger partial charge is 0.351 e. The van der Waals surface area contributed by atoms with Gasteiger partial charge in [-0.3, -0.25) is 9.97 Å². The number of aromatic amines is 1. The van der Waals surface area contributed by atoms with E-state index < -0.39 is 15.8 Å². The van der Waals surface area contributed by atoms with Gasteiger partial charge < -0.3 is 4.98 Å². The van der Waals surface area contributed by atoms with Gasteiger partial charge in [-0.15, -0.1) is 0 Å². The van der Waals surface area contributed by atoms with Crippen molar-refractivity contribution in [3.8, 4) is 22.4 Å². The maximum atomic E-state index is 14.9. The molecule has 1 fully saturated rings. The molecule has 1 aliphatic rings. The van der Waals surface area contributed by atoms with Crippen LogP contribution in [0.3, 0.4) is 0 Å². The summed E-state index contributed by atoms with van der Waals surface area (Å²) < 4.78 is 43.5. The molecule has 9 heteroatoms. The van der Waals surface area contributed by atoms with Crippen molar-refractivity contribution in [3.05, 3.63) is 85.1 Å². The number of sulfonamides is 1. The molecule has 168 valence electrons. The van der Waals surface area contributed by atoms with Crippen molar-refractivity contribution in [2.24, 2.45) is 0 Å². The van der Waals surface area contributed by atoms with Crippen LogP contribution in [0.1, 0.15) is 24.5 Å². The summed E-state index contributed by atoms with van der Waals surface area (Å²) in [6, 6.07) is 11.4. The molecule has 7 nitrogen and oxygen atoms in total. The Bertz CT molecular complexity index is 1350. The standard InChI is InChI=1S/C24H22FN5O2S/c25-21-13-18(5-6-20(21)23-15-26-9-10-28-23)19-3-1-2-4-24(19)33(31,32)30-11-7-17(8-12-30)22-14-27-16-29-22/h1-6,9-10,13-17H,7-8,11-12H2,(H,27,29). The molecule has 0 radical (unpaired) electrons. The van der Waals surface area contributed by atoms with E-state index in [-0.39, 0.29) is 10.8 Å². The normalized spacial score (nSPS) is 15.5. The summed E-state index contributed by atoms with van der Waals surface area (Å²) in [7, 11) is -3.75. The molecule has 0 aliphatic carbocycles. The highest BCUT2D eigenvalue weighted by atomic mass is 32.2. The predicted octanol–water partition coefficient (Wildman–Crippen LogP) is 4.24. The van der Waals surface area contributed by atoms with Gasteiger partial charge >= 0.3 is 0 Å². The molecular weight excluding hydrogens is 441 g/mol. The molecule has 2 aromatic carbocycles. The Kier molecular flexibility index (Phi) is 5.74. The molecule has 1 N–H and O–H groups in total. The van der Waals surface area contributed by atoms with E-state index in [1.165, 1.54) is 29.0 Å². The third kappa shape index (κ3) is 4.17. The van der Waals surface area contributed by atoms with Crippen LogP contribution in [0.5, 0.6) is 0 Å². The number of H-pyrrole nitrogens is 1. The molecule has 1 saturated heterocycles. The quantitative estimate of drug-likeness (QED) is 0.478. The smallest absolute Gasteiger partial charge is 0.243 e. The zero-order chi connectivity index (χ0) is 22.8. The number of benzene rings is 2. The Morgan fingerprint density at radius 2 is 1.82 bits per heavy atom. The summed E-state index contributed by atoms with van der Waals surface area (Å²) in [6.07, 6.45) is 9.42. The van der Waals surface area contributed by atoms with Gasteiger partial charge in [-0.2, -0.15) is 4.31 Å². The van der Waals surface area contributed by atoms with Crippen LogP contribution in [-0.2, 0) is 10.0 Å². The lowest BCUT2D eigenvalue weighted by Gasteiger charge is -2.31. The molecular formula is C24H22FN5O2S. The van der Waals surface area contributed by atoms with Gasteiger partial charge in [0, 0.05) is 48.7 Å². The van der Waals surface area contributed by atoms with Crippen LogP contribution < -0.4 is 0 Å². The first-order valence-electron chi connectivity index (χ1n) is 10.7. The SMILES string of the molecule is O=S(=O)(c1ccccc1-c1ccc(-c2cnccn2)c(F)c1)N1CCC(c2c[nH]cn2)CC1. The number of rotatable bonds is 5. The van der Waals surface area contributed by atoms with Crippen LogP contribution in [0.15, 0.2) is 78.5 Å². The predicted molar refractivity (Wildman–Crippen MR) is 122 cm³/mol. The summed E-state index contributed by atoms with van der Waals surface area (Å²) in [6.45, 7) is 0.822. The molecule has 3 heterocycles. The average Bonchev–Trinajstić information content (AvgIpc) is 3.40. The second kappa shape index (κ2) is 8.84. The van der Waals surface area contributed by atoms with Crippen LogP contribution in [0.25, 0.3) is 22.4 Å². The highest BCUT2D eigenvalue weighted by Crippen LogP contribution is 2.35. The molecule has 2 aromatic heterocycles. The van der Waals surface area contributed by atoms with E-state index in [9.17, 15) is 12.8 Å². The molecule has 33 heavy (non-hydrogen) atoms. The second-order valence-electron chi connectivity index (χ2n) is 7.95. The van der Waals surface area contributed by atoms with Crippen LogP contribution in [-0.4, -0.2) is 45.7 Å². The van der Waals surface area contributed by atoms with Gasteiger partial charge in [0.05, 0.1) is 28.8 Å². The monoisotopic (exact) mass is 463 g/mol. The fourth-order valence-electron chi connectivity index (χ4n) is 4.28. The number of nitrogens with one attached hydrogen (secondary N) is 1. The Morgan fingerprint density at radius 3 is 2.52 bits per heavy atom. The van der Waals surface area contributed by atoms with Crippen LogP contribution in [0, 0.1) is 5.82 Å². The minimum atomic E-state index is -3.75. The molecule has 4 aromatic rings. The number of piperidine rings is 1. The summed E-state index contributed by atoms with van der Waals surface area (Å²) in [5.41, 5.74) is 2.66. The fraction of sp³-hybridized carbons (Fsp3) is 0.208. The van der Waals surface area contributed by atoms with E-state index in [2.05, 4.69) is 19.9 Å². The Balaban J connectivity index is 1.44. The summed E-state index contributed by atoms with van der Waals surface area (Å²) in [5.74, 6) is -0.249. The number of hydrogen-bond donors (Lipinski definition) is 1. The summed E-state index contributed by atoms with van der Waals surface area (Å²) in [5, 5.41) is 0. The third-order valence-electron chi connectivity index (χ3n) is 6.02. The lowest BCUT2D eigenvalue weighted by atomic mass is 9.95. The van der Waals surface area contributed by atoms with Crippen molar-refractivity contribution in [2.45, 2.75) is 23.7 Å². The maximum Gasteiger partial charge on any atom is 0.243 e. The number of hydrogen-bond acceptors (Lipinski definition) is 5. The van der Waals surface area contributed by atoms with Crippen molar-refractivity contribution in [1.82, 2.24) is 24.2 Å². The first-order valence-corrected chi connectivity index (χ1v) is 12.1. The Hall–Kier alpha value is -3.43. The summed E-state index contributed by atoms with van der Waals surface area (Å²) in [4.78, 5) is 15.6. The molecule has 0 atom stereocenters. The third-order valence-corrected chi connectivity index (χ3v) is 7.97. The van der Waals surface area contributed by atoms with E-state index in [0.29, 0.717) is 48.3 Å².